The molecule has 3 aromatic rings. The number of nitrogens with zero attached hydrogens (tertiary/aromatic N) is 5. The van der Waals surface area contributed by atoms with Crippen molar-refractivity contribution in [3.8, 4) is 5.88 Å². The van der Waals surface area contributed by atoms with Crippen LogP contribution in [-0.4, -0.2) is 98.8 Å². The molecule has 0 saturated carbocycles. The van der Waals surface area contributed by atoms with E-state index < -0.39 is 23.5 Å². The molecule has 1 aliphatic rings. The molecular formula is C29H39N9O6. The SMILES string of the molecule is CC(C)(C)NC(=O)CC[C@H](NC(=O)c1ccc(NCc2cnc3nc(N)nc(O)c3n2)cc1)C(=O)OCCN1CCOCC1. The number of hydrogen-bond donors (Lipinski definition) is 5. The van der Waals surface area contributed by atoms with Gasteiger partial charge < -0.3 is 36.3 Å². The molecule has 0 bridgehead atoms. The molecule has 0 aliphatic carbocycles. The maximum absolute atomic E-state index is 13.1. The average Bonchev–Trinajstić information content (AvgIpc) is 2.98. The first-order valence-electron chi connectivity index (χ1n) is 14.4. The van der Waals surface area contributed by atoms with Crippen LogP contribution in [0.15, 0.2) is 30.5 Å². The normalized spacial score (nSPS) is 14.5. The van der Waals surface area contributed by atoms with Crippen molar-refractivity contribution in [2.24, 2.45) is 0 Å². The van der Waals surface area contributed by atoms with Crippen LogP contribution in [0.2, 0.25) is 0 Å². The Hall–Kier alpha value is -4.63. The number of nitrogens with one attached hydrogen (secondary N) is 3. The van der Waals surface area contributed by atoms with Crippen LogP contribution in [0.4, 0.5) is 11.6 Å². The number of amides is 2. The van der Waals surface area contributed by atoms with Gasteiger partial charge in [-0.2, -0.15) is 9.97 Å². The molecular weight excluding hydrogens is 570 g/mol. The summed E-state index contributed by atoms with van der Waals surface area (Å²) in [5.41, 5.74) is 6.97. The van der Waals surface area contributed by atoms with Gasteiger partial charge in [0.25, 0.3) is 5.91 Å². The van der Waals surface area contributed by atoms with Crippen LogP contribution < -0.4 is 21.7 Å². The summed E-state index contributed by atoms with van der Waals surface area (Å²) in [4.78, 5) is 56.8. The molecule has 15 heteroatoms. The summed E-state index contributed by atoms with van der Waals surface area (Å²) in [6.07, 6.45) is 1.63. The first kappa shape index (κ1) is 32.3. The van der Waals surface area contributed by atoms with E-state index in [2.05, 4.69) is 40.8 Å². The van der Waals surface area contributed by atoms with E-state index in [0.717, 1.165) is 13.1 Å². The van der Waals surface area contributed by atoms with Crippen molar-refractivity contribution < 1.29 is 29.0 Å². The number of ether oxygens (including phenoxy) is 2. The Morgan fingerprint density at radius 3 is 2.55 bits per heavy atom. The number of hydrogen-bond acceptors (Lipinski definition) is 13. The smallest absolute Gasteiger partial charge is 0.328 e. The van der Waals surface area contributed by atoms with Crippen molar-refractivity contribution in [1.29, 1.82) is 0 Å². The third-order valence-corrected chi connectivity index (χ3v) is 6.60. The fourth-order valence-electron chi connectivity index (χ4n) is 4.41. The van der Waals surface area contributed by atoms with Gasteiger partial charge in [0.2, 0.25) is 17.7 Å². The largest absolute Gasteiger partial charge is 0.492 e. The van der Waals surface area contributed by atoms with Gasteiger partial charge in [0, 0.05) is 42.8 Å². The average molecular weight is 610 g/mol. The zero-order valence-electron chi connectivity index (χ0n) is 25.1. The van der Waals surface area contributed by atoms with Crippen molar-refractivity contribution in [3.63, 3.8) is 0 Å². The fourth-order valence-corrected chi connectivity index (χ4v) is 4.41. The number of esters is 1. The van der Waals surface area contributed by atoms with E-state index >= 15 is 0 Å². The van der Waals surface area contributed by atoms with Crippen LogP contribution in [0.3, 0.4) is 0 Å². The Morgan fingerprint density at radius 1 is 1.11 bits per heavy atom. The number of aromatic hydroxyl groups is 1. The predicted octanol–water partition coefficient (Wildman–Crippen LogP) is 0.988. The van der Waals surface area contributed by atoms with E-state index in [1.807, 2.05) is 20.8 Å². The number of benzene rings is 1. The second-order valence-corrected chi connectivity index (χ2v) is 11.4. The van der Waals surface area contributed by atoms with Gasteiger partial charge in [-0.05, 0) is 51.5 Å². The molecule has 0 radical (unpaired) electrons. The van der Waals surface area contributed by atoms with E-state index in [9.17, 15) is 19.5 Å². The summed E-state index contributed by atoms with van der Waals surface area (Å²) < 4.78 is 10.8. The van der Waals surface area contributed by atoms with E-state index in [1.165, 1.54) is 6.20 Å². The van der Waals surface area contributed by atoms with Crippen molar-refractivity contribution in [3.05, 3.63) is 41.7 Å². The van der Waals surface area contributed by atoms with Crippen molar-refractivity contribution in [2.45, 2.75) is 51.7 Å². The molecule has 236 valence electrons. The maximum Gasteiger partial charge on any atom is 0.328 e. The Morgan fingerprint density at radius 2 is 1.84 bits per heavy atom. The zero-order valence-corrected chi connectivity index (χ0v) is 25.1. The van der Waals surface area contributed by atoms with Gasteiger partial charge in [0.1, 0.15) is 12.6 Å². The number of carbonyl (C=O) groups excluding carboxylic acids is 3. The third-order valence-electron chi connectivity index (χ3n) is 6.60. The molecule has 44 heavy (non-hydrogen) atoms. The lowest BCUT2D eigenvalue weighted by atomic mass is 10.1. The Kier molecular flexibility index (Phi) is 10.8. The molecule has 4 rings (SSSR count). The number of fused-ring (bicyclic) bond motifs is 1. The summed E-state index contributed by atoms with van der Waals surface area (Å²) in [6, 6.07) is 5.63. The molecule has 6 N–H and O–H groups in total. The molecule has 2 aromatic heterocycles. The molecule has 3 heterocycles. The van der Waals surface area contributed by atoms with Crippen LogP contribution in [0, 0.1) is 0 Å². The molecule has 1 aliphatic heterocycles. The third kappa shape index (κ3) is 9.70. The van der Waals surface area contributed by atoms with Crippen molar-refractivity contribution in [1.82, 2.24) is 35.5 Å². The minimum absolute atomic E-state index is 0.0403. The highest BCUT2D eigenvalue weighted by Crippen LogP contribution is 2.19. The van der Waals surface area contributed by atoms with E-state index in [4.69, 9.17) is 15.2 Å². The Labute approximate surface area is 255 Å². The lowest BCUT2D eigenvalue weighted by Gasteiger charge is -2.26. The van der Waals surface area contributed by atoms with Crippen LogP contribution in [-0.2, 0) is 25.6 Å². The highest BCUT2D eigenvalue weighted by Gasteiger charge is 2.25. The number of rotatable bonds is 12. The minimum atomic E-state index is -1.00. The summed E-state index contributed by atoms with van der Waals surface area (Å²) in [5.74, 6) is -1.75. The predicted molar refractivity (Wildman–Crippen MR) is 162 cm³/mol. The number of nitrogen functional groups attached to an aromatic ring is 1. The van der Waals surface area contributed by atoms with E-state index in [-0.39, 0.29) is 54.9 Å². The van der Waals surface area contributed by atoms with Gasteiger partial charge in [0.05, 0.1) is 31.6 Å². The second-order valence-electron chi connectivity index (χ2n) is 11.4. The summed E-state index contributed by atoms with van der Waals surface area (Å²) in [7, 11) is 0. The zero-order chi connectivity index (χ0) is 31.7. The van der Waals surface area contributed by atoms with Gasteiger partial charge in [-0.3, -0.25) is 14.5 Å². The molecule has 1 saturated heterocycles. The standard InChI is InChI=1S/C29H39N9O6/c1-29(2,3)37-22(39)9-8-21(27(42)44-15-12-38-10-13-43-14-11-38)34-25(40)18-4-6-19(7-5-18)31-16-20-17-32-24-23(33-20)26(41)36-28(30)35-24/h4-7,17,21,31H,8-16H2,1-3H3,(H,34,40)(H,37,39)(H3,30,32,35,36,41)/t21-/m0/s1. The summed E-state index contributed by atoms with van der Waals surface area (Å²) in [6.45, 7) is 9.40. The second kappa shape index (κ2) is 14.7. The number of anilines is 2. The summed E-state index contributed by atoms with van der Waals surface area (Å²) >= 11 is 0. The molecule has 0 spiro atoms. The van der Waals surface area contributed by atoms with Gasteiger partial charge in [-0.15, -0.1) is 0 Å². The quantitative estimate of drug-likeness (QED) is 0.182. The first-order valence-corrected chi connectivity index (χ1v) is 14.4. The van der Waals surface area contributed by atoms with E-state index in [0.29, 0.717) is 36.7 Å². The molecule has 1 aromatic carbocycles. The molecule has 0 unspecified atom stereocenters. The summed E-state index contributed by atoms with van der Waals surface area (Å²) in [5, 5.41) is 18.8. The van der Waals surface area contributed by atoms with Crippen LogP contribution in [0.25, 0.3) is 11.2 Å². The highest BCUT2D eigenvalue weighted by molar-refractivity contribution is 5.97. The van der Waals surface area contributed by atoms with Gasteiger partial charge in [0.15, 0.2) is 11.2 Å². The van der Waals surface area contributed by atoms with Crippen LogP contribution in [0.5, 0.6) is 5.88 Å². The first-order chi connectivity index (χ1) is 21.0. The fraction of sp³-hybridized carbons (Fsp3) is 0.483. The van der Waals surface area contributed by atoms with Gasteiger partial charge >= 0.3 is 5.97 Å². The van der Waals surface area contributed by atoms with Crippen molar-refractivity contribution in [2.75, 3.05) is 50.5 Å². The lowest BCUT2D eigenvalue weighted by molar-refractivity contribution is -0.146. The molecule has 1 atom stereocenters. The number of aromatic nitrogens is 4. The Balaban J connectivity index is 1.34. The lowest BCUT2D eigenvalue weighted by Crippen LogP contribution is -2.45. The molecule has 1 fully saturated rings. The highest BCUT2D eigenvalue weighted by atomic mass is 16.5. The van der Waals surface area contributed by atoms with Gasteiger partial charge in [-0.1, -0.05) is 0 Å². The van der Waals surface area contributed by atoms with Crippen LogP contribution in [0.1, 0.15) is 49.7 Å². The number of morpholine rings is 1. The molecule has 15 nitrogen and oxygen atoms in total. The Bertz CT molecular complexity index is 1460. The number of carbonyl (C=O) groups is 3. The van der Waals surface area contributed by atoms with Crippen molar-refractivity contribution >= 4 is 40.6 Å². The topological polar surface area (TPSA) is 207 Å². The minimum Gasteiger partial charge on any atom is -0.492 e. The molecule has 2 amide bonds. The van der Waals surface area contributed by atoms with Crippen LogP contribution >= 0.6 is 0 Å². The maximum atomic E-state index is 13.1. The van der Waals surface area contributed by atoms with E-state index in [1.54, 1.807) is 24.3 Å². The number of nitrogens with two attached hydrogens (primary N) is 1. The van der Waals surface area contributed by atoms with Gasteiger partial charge in [-0.25, -0.2) is 14.8 Å². The monoisotopic (exact) mass is 609 g/mol.